The Hall–Kier alpha value is -2.80. The average molecular weight is 381 g/mol. The Kier molecular flexibility index (Phi) is 5.11. The van der Waals surface area contributed by atoms with E-state index in [4.69, 9.17) is 4.74 Å². The normalized spacial score (nSPS) is 12.6. The number of ether oxygens (including phenoxy) is 1. The van der Waals surface area contributed by atoms with Crippen molar-refractivity contribution in [3.63, 3.8) is 0 Å². The molecule has 6 nitrogen and oxygen atoms in total. The molecule has 7 heteroatoms. The molecule has 1 aromatic heterocycles. The maximum absolute atomic E-state index is 12.5. The quantitative estimate of drug-likeness (QED) is 0.503. The van der Waals surface area contributed by atoms with Gasteiger partial charge in [0.05, 0.1) is 12.4 Å². The van der Waals surface area contributed by atoms with Crippen molar-refractivity contribution in [2.45, 2.75) is 24.5 Å². The van der Waals surface area contributed by atoms with Crippen LogP contribution in [0.25, 0.3) is 0 Å². The first-order chi connectivity index (χ1) is 13.2. The summed E-state index contributed by atoms with van der Waals surface area (Å²) >= 11 is 1.28. The minimum absolute atomic E-state index is 0.0137. The molecule has 1 aliphatic heterocycles. The molecular weight excluding hydrogens is 362 g/mol. The van der Waals surface area contributed by atoms with Gasteiger partial charge in [-0.2, -0.15) is 0 Å². The van der Waals surface area contributed by atoms with Crippen LogP contribution in [0, 0.1) is 0 Å². The first kappa shape index (κ1) is 17.6. The zero-order valence-electron chi connectivity index (χ0n) is 14.7. The fourth-order valence-electron chi connectivity index (χ4n) is 3.07. The molecule has 0 saturated carbocycles. The van der Waals surface area contributed by atoms with E-state index in [-0.39, 0.29) is 17.2 Å². The SMILES string of the molecule is O=C(CSc1n[nH]c(=O)n1CCc1ccccc1)c1ccc2c(c1)CCO2. The average Bonchev–Trinajstić information content (AvgIpc) is 3.31. The second kappa shape index (κ2) is 7.84. The molecule has 1 N–H and O–H groups in total. The highest BCUT2D eigenvalue weighted by Crippen LogP contribution is 2.26. The first-order valence-corrected chi connectivity index (χ1v) is 9.80. The number of carbonyl (C=O) groups is 1. The Morgan fingerprint density at radius 3 is 2.93 bits per heavy atom. The number of Topliss-reactive ketones (excluding diaryl/α,β-unsaturated/α-hetero) is 1. The van der Waals surface area contributed by atoms with Crippen molar-refractivity contribution in [1.82, 2.24) is 14.8 Å². The summed E-state index contributed by atoms with van der Waals surface area (Å²) in [7, 11) is 0. The summed E-state index contributed by atoms with van der Waals surface area (Å²) in [5.74, 6) is 1.11. The molecule has 4 rings (SSSR count). The number of rotatable bonds is 7. The van der Waals surface area contributed by atoms with Crippen molar-refractivity contribution in [1.29, 1.82) is 0 Å². The third-order valence-corrected chi connectivity index (χ3v) is 5.51. The van der Waals surface area contributed by atoms with Gasteiger partial charge in [0.2, 0.25) is 0 Å². The van der Waals surface area contributed by atoms with Gasteiger partial charge in [-0.25, -0.2) is 9.89 Å². The molecule has 0 spiro atoms. The van der Waals surface area contributed by atoms with E-state index in [2.05, 4.69) is 10.2 Å². The van der Waals surface area contributed by atoms with Gasteiger partial charge in [-0.15, -0.1) is 5.10 Å². The number of carbonyl (C=O) groups excluding carboxylic acids is 1. The highest BCUT2D eigenvalue weighted by molar-refractivity contribution is 7.99. The summed E-state index contributed by atoms with van der Waals surface area (Å²) in [6, 6.07) is 15.5. The lowest BCUT2D eigenvalue weighted by molar-refractivity contribution is 0.102. The van der Waals surface area contributed by atoms with Crippen molar-refractivity contribution in [2.75, 3.05) is 12.4 Å². The van der Waals surface area contributed by atoms with E-state index in [1.54, 1.807) is 10.6 Å². The topological polar surface area (TPSA) is 77.0 Å². The monoisotopic (exact) mass is 381 g/mol. The van der Waals surface area contributed by atoms with Crippen molar-refractivity contribution in [3.8, 4) is 5.75 Å². The number of thioether (sulfide) groups is 1. The van der Waals surface area contributed by atoms with E-state index in [1.807, 2.05) is 42.5 Å². The summed E-state index contributed by atoms with van der Waals surface area (Å²) in [6.07, 6.45) is 1.56. The van der Waals surface area contributed by atoms with Crippen LogP contribution in [0.15, 0.2) is 58.5 Å². The van der Waals surface area contributed by atoms with E-state index >= 15 is 0 Å². The summed E-state index contributed by atoms with van der Waals surface area (Å²) in [4.78, 5) is 24.6. The van der Waals surface area contributed by atoms with Crippen molar-refractivity contribution in [3.05, 3.63) is 75.7 Å². The highest BCUT2D eigenvalue weighted by Gasteiger charge is 2.16. The number of H-pyrrole nitrogens is 1. The maximum atomic E-state index is 12.5. The summed E-state index contributed by atoms with van der Waals surface area (Å²) in [5, 5.41) is 7.08. The Bertz CT molecular complexity index is 1010. The lowest BCUT2D eigenvalue weighted by Gasteiger charge is -2.06. The number of hydrogen-bond acceptors (Lipinski definition) is 5. The molecule has 0 radical (unpaired) electrons. The number of hydrogen-bond donors (Lipinski definition) is 1. The molecule has 1 aliphatic rings. The number of aryl methyl sites for hydroxylation is 1. The fourth-order valence-corrected chi connectivity index (χ4v) is 3.94. The summed E-state index contributed by atoms with van der Waals surface area (Å²) in [6.45, 7) is 1.19. The van der Waals surface area contributed by atoms with Gasteiger partial charge >= 0.3 is 5.69 Å². The maximum Gasteiger partial charge on any atom is 0.343 e. The second-order valence-corrected chi connectivity index (χ2v) is 7.27. The molecule has 2 aromatic carbocycles. The third kappa shape index (κ3) is 3.98. The Balaban J connectivity index is 1.41. The standard InChI is InChI=1S/C20H19N3O3S/c24-17(15-6-7-18-16(12-15)9-11-26-18)13-27-20-22-21-19(25)23(20)10-8-14-4-2-1-3-5-14/h1-7,12H,8-11,13H2,(H,21,25). The van der Waals surface area contributed by atoms with Crippen LogP contribution in [0.1, 0.15) is 21.5 Å². The van der Waals surface area contributed by atoms with Crippen LogP contribution in [0.3, 0.4) is 0 Å². The molecule has 0 fully saturated rings. The molecular formula is C20H19N3O3S. The van der Waals surface area contributed by atoms with Gasteiger partial charge in [0.15, 0.2) is 10.9 Å². The van der Waals surface area contributed by atoms with Gasteiger partial charge in [-0.3, -0.25) is 9.36 Å². The summed E-state index contributed by atoms with van der Waals surface area (Å²) < 4.78 is 7.06. The number of aromatic amines is 1. The molecule has 0 atom stereocenters. The molecule has 2 heterocycles. The van der Waals surface area contributed by atoms with Gasteiger partial charge in [-0.1, -0.05) is 42.1 Å². The molecule has 27 heavy (non-hydrogen) atoms. The van der Waals surface area contributed by atoms with E-state index < -0.39 is 0 Å². The van der Waals surface area contributed by atoms with Gasteiger partial charge in [0.1, 0.15) is 5.75 Å². The predicted octanol–water partition coefficient (Wildman–Crippen LogP) is 2.72. The lowest BCUT2D eigenvalue weighted by atomic mass is 10.1. The van der Waals surface area contributed by atoms with Gasteiger partial charge in [0, 0.05) is 18.5 Å². The lowest BCUT2D eigenvalue weighted by Crippen LogP contribution is -2.19. The van der Waals surface area contributed by atoms with Crippen molar-refractivity contribution >= 4 is 17.5 Å². The molecule has 138 valence electrons. The van der Waals surface area contributed by atoms with Crippen LogP contribution in [-0.2, 0) is 19.4 Å². The van der Waals surface area contributed by atoms with E-state index in [0.717, 1.165) is 29.7 Å². The van der Waals surface area contributed by atoms with E-state index in [1.165, 1.54) is 11.8 Å². The van der Waals surface area contributed by atoms with Gasteiger partial charge in [0.25, 0.3) is 0 Å². The molecule has 0 saturated heterocycles. The largest absolute Gasteiger partial charge is 0.493 e. The molecule has 0 aliphatic carbocycles. The summed E-state index contributed by atoms with van der Waals surface area (Å²) in [5.41, 5.74) is 2.64. The Morgan fingerprint density at radius 2 is 2.07 bits per heavy atom. The van der Waals surface area contributed by atoms with Crippen LogP contribution >= 0.6 is 11.8 Å². The van der Waals surface area contributed by atoms with E-state index in [0.29, 0.717) is 23.9 Å². The minimum atomic E-state index is -0.254. The minimum Gasteiger partial charge on any atom is -0.493 e. The van der Waals surface area contributed by atoms with Crippen LogP contribution in [0.4, 0.5) is 0 Å². The van der Waals surface area contributed by atoms with Crippen molar-refractivity contribution < 1.29 is 9.53 Å². The predicted molar refractivity (Wildman–Crippen MR) is 104 cm³/mol. The fraction of sp³-hybridized carbons (Fsp3) is 0.250. The highest BCUT2D eigenvalue weighted by atomic mass is 32.2. The number of nitrogens with zero attached hydrogens (tertiary/aromatic N) is 2. The zero-order valence-corrected chi connectivity index (χ0v) is 15.5. The molecule has 0 amide bonds. The first-order valence-electron chi connectivity index (χ1n) is 8.81. The zero-order chi connectivity index (χ0) is 18.6. The van der Waals surface area contributed by atoms with Gasteiger partial charge in [-0.05, 0) is 35.7 Å². The Labute approximate surface area is 160 Å². The Morgan fingerprint density at radius 1 is 1.22 bits per heavy atom. The number of nitrogens with one attached hydrogen (secondary N) is 1. The number of fused-ring (bicyclic) bond motifs is 1. The molecule has 0 bridgehead atoms. The third-order valence-electron chi connectivity index (χ3n) is 4.53. The van der Waals surface area contributed by atoms with Crippen molar-refractivity contribution in [2.24, 2.45) is 0 Å². The van der Waals surface area contributed by atoms with Gasteiger partial charge < -0.3 is 4.74 Å². The van der Waals surface area contributed by atoms with E-state index in [9.17, 15) is 9.59 Å². The number of ketones is 1. The molecule has 3 aromatic rings. The smallest absolute Gasteiger partial charge is 0.343 e. The van der Waals surface area contributed by atoms with Crippen LogP contribution < -0.4 is 10.4 Å². The second-order valence-electron chi connectivity index (χ2n) is 6.33. The molecule has 0 unspecified atom stereocenters. The van der Waals surface area contributed by atoms with Crippen LogP contribution in [-0.4, -0.2) is 32.9 Å². The number of aromatic nitrogens is 3. The van der Waals surface area contributed by atoms with Crippen LogP contribution in [0.2, 0.25) is 0 Å². The van der Waals surface area contributed by atoms with Crippen LogP contribution in [0.5, 0.6) is 5.75 Å². The number of benzene rings is 2.